The van der Waals surface area contributed by atoms with Crippen LogP contribution in [-0.4, -0.2) is 18.1 Å². The normalized spacial score (nSPS) is 27.9. The molecular formula is C5H9NS. The van der Waals surface area contributed by atoms with E-state index < -0.39 is 0 Å². The third kappa shape index (κ3) is 1.13. The van der Waals surface area contributed by atoms with Crippen LogP contribution in [0.3, 0.4) is 0 Å². The lowest BCUT2D eigenvalue weighted by atomic mass is 10.5. The first-order valence-corrected chi connectivity index (χ1v) is 3.65. The van der Waals surface area contributed by atoms with E-state index in [2.05, 4.69) is 17.6 Å². The summed E-state index contributed by atoms with van der Waals surface area (Å²) in [7, 11) is 0. The maximum atomic E-state index is 3.12. The van der Waals surface area contributed by atoms with Crippen molar-refractivity contribution in [3.63, 3.8) is 0 Å². The van der Waals surface area contributed by atoms with Gasteiger partial charge in [0.25, 0.3) is 0 Å². The van der Waals surface area contributed by atoms with Crippen molar-refractivity contribution in [2.45, 2.75) is 5.25 Å². The minimum atomic E-state index is 0.722. The second kappa shape index (κ2) is 2.26. The Morgan fingerprint density at radius 3 is 3.00 bits per heavy atom. The fraction of sp³-hybridized carbons (Fsp3) is 0.600. The van der Waals surface area contributed by atoms with Crippen LogP contribution in [0.15, 0.2) is 12.3 Å². The minimum absolute atomic E-state index is 0.722. The highest BCUT2D eigenvalue weighted by Crippen LogP contribution is 2.09. The van der Waals surface area contributed by atoms with E-state index in [0.29, 0.717) is 0 Å². The molecule has 0 saturated carbocycles. The topological polar surface area (TPSA) is 12.0 Å². The molecule has 0 amide bonds. The standard InChI is InChI=1S/C5H9NS/c1-7-5-2-3-6-4-5/h2-3,5-6H,4H2,1H3. The third-order valence-corrected chi connectivity index (χ3v) is 1.98. The molecule has 7 heavy (non-hydrogen) atoms. The molecule has 1 aliphatic rings. The first kappa shape index (κ1) is 5.04. The van der Waals surface area contributed by atoms with Gasteiger partial charge in [-0.2, -0.15) is 11.8 Å². The first-order chi connectivity index (χ1) is 3.43. The van der Waals surface area contributed by atoms with E-state index in [0.717, 1.165) is 11.8 Å². The average Bonchev–Trinajstić information content (AvgIpc) is 2.14. The molecule has 1 aliphatic heterocycles. The Hall–Kier alpha value is -0.110. The molecule has 0 aromatic rings. The van der Waals surface area contributed by atoms with Gasteiger partial charge in [0.05, 0.1) is 0 Å². The Labute approximate surface area is 48.2 Å². The Morgan fingerprint density at radius 1 is 1.86 bits per heavy atom. The smallest absolute Gasteiger partial charge is 0.0414 e. The van der Waals surface area contributed by atoms with Crippen LogP contribution in [0.25, 0.3) is 0 Å². The third-order valence-electron chi connectivity index (χ3n) is 1.05. The SMILES string of the molecule is CSC1C=CNC1. The molecule has 1 nitrogen and oxygen atoms in total. The molecule has 0 bridgehead atoms. The molecule has 0 spiro atoms. The summed E-state index contributed by atoms with van der Waals surface area (Å²) in [4.78, 5) is 0. The van der Waals surface area contributed by atoms with Crippen LogP contribution in [0.4, 0.5) is 0 Å². The summed E-state index contributed by atoms with van der Waals surface area (Å²) in [5.74, 6) is 0. The average molecular weight is 115 g/mol. The largest absolute Gasteiger partial charge is 0.390 e. The molecule has 0 radical (unpaired) electrons. The molecule has 0 fully saturated rings. The van der Waals surface area contributed by atoms with Crippen molar-refractivity contribution in [3.05, 3.63) is 12.3 Å². The molecule has 1 atom stereocenters. The summed E-state index contributed by atoms with van der Waals surface area (Å²) >= 11 is 1.88. The molecule has 1 N–H and O–H groups in total. The number of hydrogen-bond acceptors (Lipinski definition) is 2. The van der Waals surface area contributed by atoms with Crippen molar-refractivity contribution >= 4 is 11.8 Å². The van der Waals surface area contributed by atoms with Crippen molar-refractivity contribution in [2.75, 3.05) is 12.8 Å². The van der Waals surface area contributed by atoms with Crippen LogP contribution >= 0.6 is 11.8 Å². The Kier molecular flexibility index (Phi) is 1.63. The molecule has 0 aromatic heterocycles. The lowest BCUT2D eigenvalue weighted by Crippen LogP contribution is -2.09. The van der Waals surface area contributed by atoms with Gasteiger partial charge in [-0.3, -0.25) is 0 Å². The highest BCUT2D eigenvalue weighted by molar-refractivity contribution is 7.99. The van der Waals surface area contributed by atoms with Crippen LogP contribution in [0.5, 0.6) is 0 Å². The van der Waals surface area contributed by atoms with Crippen LogP contribution in [0, 0.1) is 0 Å². The Bertz CT molecular complexity index is 80.1. The van der Waals surface area contributed by atoms with Crippen LogP contribution in [-0.2, 0) is 0 Å². The molecule has 1 heterocycles. The van der Waals surface area contributed by atoms with Crippen molar-refractivity contribution in [2.24, 2.45) is 0 Å². The van der Waals surface area contributed by atoms with E-state index in [1.165, 1.54) is 0 Å². The maximum Gasteiger partial charge on any atom is 0.0414 e. The van der Waals surface area contributed by atoms with Gasteiger partial charge in [-0.1, -0.05) is 6.08 Å². The van der Waals surface area contributed by atoms with Crippen molar-refractivity contribution < 1.29 is 0 Å². The summed E-state index contributed by atoms with van der Waals surface area (Å²) in [6, 6.07) is 0. The second-order valence-electron chi connectivity index (χ2n) is 1.54. The molecule has 0 aliphatic carbocycles. The fourth-order valence-corrected chi connectivity index (χ4v) is 1.09. The van der Waals surface area contributed by atoms with Gasteiger partial charge in [-0.05, 0) is 12.5 Å². The van der Waals surface area contributed by atoms with E-state index in [-0.39, 0.29) is 0 Å². The summed E-state index contributed by atoms with van der Waals surface area (Å²) in [5, 5.41) is 3.84. The van der Waals surface area contributed by atoms with E-state index in [9.17, 15) is 0 Å². The molecule has 40 valence electrons. The van der Waals surface area contributed by atoms with Gasteiger partial charge in [0.15, 0.2) is 0 Å². The van der Waals surface area contributed by atoms with Gasteiger partial charge in [0, 0.05) is 11.8 Å². The number of hydrogen-bond donors (Lipinski definition) is 1. The van der Waals surface area contributed by atoms with Gasteiger partial charge in [-0.25, -0.2) is 0 Å². The van der Waals surface area contributed by atoms with Crippen LogP contribution in [0.2, 0.25) is 0 Å². The van der Waals surface area contributed by atoms with Crippen molar-refractivity contribution in [1.29, 1.82) is 0 Å². The highest BCUT2D eigenvalue weighted by atomic mass is 32.2. The molecule has 2 heteroatoms. The lowest BCUT2D eigenvalue weighted by Gasteiger charge is -1.98. The molecular weight excluding hydrogens is 106 g/mol. The molecule has 0 saturated heterocycles. The fourth-order valence-electron chi connectivity index (χ4n) is 0.590. The second-order valence-corrected chi connectivity index (χ2v) is 2.62. The van der Waals surface area contributed by atoms with Crippen LogP contribution < -0.4 is 5.32 Å². The van der Waals surface area contributed by atoms with Crippen LogP contribution in [0.1, 0.15) is 0 Å². The monoisotopic (exact) mass is 115 g/mol. The predicted octanol–water partition coefficient (Wildman–Crippen LogP) is 0.835. The molecule has 1 rings (SSSR count). The van der Waals surface area contributed by atoms with Gasteiger partial charge < -0.3 is 5.32 Å². The zero-order valence-corrected chi connectivity index (χ0v) is 5.16. The van der Waals surface area contributed by atoms with Gasteiger partial charge >= 0.3 is 0 Å². The van der Waals surface area contributed by atoms with E-state index in [4.69, 9.17) is 0 Å². The van der Waals surface area contributed by atoms with Gasteiger partial charge in [0.2, 0.25) is 0 Å². The predicted molar refractivity (Wildman–Crippen MR) is 34.4 cm³/mol. The summed E-state index contributed by atoms with van der Waals surface area (Å²) in [6.07, 6.45) is 6.33. The van der Waals surface area contributed by atoms with Crippen molar-refractivity contribution in [3.8, 4) is 0 Å². The maximum absolute atomic E-state index is 3.12. The highest BCUT2D eigenvalue weighted by Gasteiger charge is 2.03. The zero-order valence-electron chi connectivity index (χ0n) is 4.35. The first-order valence-electron chi connectivity index (χ1n) is 2.36. The molecule has 1 unspecified atom stereocenters. The Morgan fingerprint density at radius 2 is 2.71 bits per heavy atom. The number of nitrogens with one attached hydrogen (secondary N) is 1. The van der Waals surface area contributed by atoms with Gasteiger partial charge in [-0.15, -0.1) is 0 Å². The summed E-state index contributed by atoms with van der Waals surface area (Å²) in [6.45, 7) is 1.11. The number of rotatable bonds is 1. The van der Waals surface area contributed by atoms with E-state index >= 15 is 0 Å². The summed E-state index contributed by atoms with van der Waals surface area (Å²) in [5.41, 5.74) is 0. The Balaban J connectivity index is 2.28. The quantitative estimate of drug-likeness (QED) is 0.543. The molecule has 0 aromatic carbocycles. The van der Waals surface area contributed by atoms with Gasteiger partial charge in [0.1, 0.15) is 0 Å². The summed E-state index contributed by atoms with van der Waals surface area (Å²) < 4.78 is 0. The lowest BCUT2D eigenvalue weighted by molar-refractivity contribution is 0.929. The number of thioether (sulfide) groups is 1. The zero-order chi connectivity index (χ0) is 5.11. The minimum Gasteiger partial charge on any atom is -0.390 e. The van der Waals surface area contributed by atoms with Crippen molar-refractivity contribution in [1.82, 2.24) is 5.32 Å². The van der Waals surface area contributed by atoms with E-state index in [1.54, 1.807) is 0 Å². The van der Waals surface area contributed by atoms with E-state index in [1.807, 2.05) is 18.0 Å².